The van der Waals surface area contributed by atoms with Gasteiger partial charge in [-0.25, -0.2) is 9.78 Å². The third kappa shape index (κ3) is 4.65. The second-order valence-electron chi connectivity index (χ2n) is 6.68. The third-order valence-corrected chi connectivity index (χ3v) is 5.54. The minimum Gasteiger partial charge on any atom is -0.462 e. The summed E-state index contributed by atoms with van der Waals surface area (Å²) in [5, 5.41) is 11.1. The van der Waals surface area contributed by atoms with Crippen LogP contribution in [0.5, 0.6) is 0 Å². The van der Waals surface area contributed by atoms with Crippen LogP contribution >= 0.6 is 11.8 Å². The molecule has 0 spiro atoms. The predicted molar refractivity (Wildman–Crippen MR) is 120 cm³/mol. The van der Waals surface area contributed by atoms with E-state index < -0.39 is 0 Å². The Labute approximate surface area is 188 Å². The molecule has 2 heterocycles. The van der Waals surface area contributed by atoms with Crippen LogP contribution in [-0.2, 0) is 16.1 Å². The summed E-state index contributed by atoms with van der Waals surface area (Å²) < 4.78 is 12.6. The van der Waals surface area contributed by atoms with Crippen LogP contribution in [0.3, 0.4) is 0 Å². The highest BCUT2D eigenvalue weighted by Crippen LogP contribution is 2.26. The lowest BCUT2D eigenvalue weighted by atomic mass is 10.2. The summed E-state index contributed by atoms with van der Waals surface area (Å²) in [7, 11) is 0. The van der Waals surface area contributed by atoms with Crippen molar-refractivity contribution in [2.45, 2.75) is 25.5 Å². The molecule has 0 unspecified atom stereocenters. The number of ether oxygens (including phenoxy) is 1. The first-order valence-electron chi connectivity index (χ1n) is 10.1. The van der Waals surface area contributed by atoms with Gasteiger partial charge in [-0.3, -0.25) is 10.1 Å². The molecule has 0 bridgehead atoms. The number of aryl methyl sites for hydroxylation is 1. The van der Waals surface area contributed by atoms with Crippen molar-refractivity contribution in [1.29, 1.82) is 0 Å². The molecule has 0 aliphatic rings. The standard InChI is InChI=1S/C22H21N5O4S/c1-3-27-17-11-10-15(20(29)30-4-2)12-16(17)23-22(27)32-13-18(28)24-21-26-25-19(31-21)14-8-6-5-7-9-14/h5-12H,3-4,13H2,1-2H3,(H,24,26,28). The van der Waals surface area contributed by atoms with Crippen molar-refractivity contribution in [2.24, 2.45) is 0 Å². The molecule has 10 heteroatoms. The molecule has 0 atom stereocenters. The number of benzene rings is 2. The molecule has 0 aliphatic heterocycles. The van der Waals surface area contributed by atoms with Crippen molar-refractivity contribution in [1.82, 2.24) is 19.7 Å². The number of hydrogen-bond donors (Lipinski definition) is 1. The molecule has 2 aromatic carbocycles. The van der Waals surface area contributed by atoms with Crippen LogP contribution in [0, 0.1) is 0 Å². The molecule has 2 aromatic heterocycles. The van der Waals surface area contributed by atoms with E-state index in [2.05, 4.69) is 20.5 Å². The molecule has 164 valence electrons. The van der Waals surface area contributed by atoms with E-state index >= 15 is 0 Å². The van der Waals surface area contributed by atoms with Crippen LogP contribution in [0.2, 0.25) is 0 Å². The van der Waals surface area contributed by atoms with Gasteiger partial charge in [-0.15, -0.1) is 5.10 Å². The Balaban J connectivity index is 1.43. The van der Waals surface area contributed by atoms with E-state index in [9.17, 15) is 9.59 Å². The van der Waals surface area contributed by atoms with Crippen LogP contribution in [0.1, 0.15) is 24.2 Å². The van der Waals surface area contributed by atoms with E-state index in [4.69, 9.17) is 9.15 Å². The number of imidazole rings is 1. The highest BCUT2D eigenvalue weighted by Gasteiger charge is 2.16. The summed E-state index contributed by atoms with van der Waals surface area (Å²) >= 11 is 1.29. The van der Waals surface area contributed by atoms with E-state index in [1.165, 1.54) is 11.8 Å². The Bertz CT molecular complexity index is 1250. The van der Waals surface area contributed by atoms with Gasteiger partial charge in [-0.1, -0.05) is 35.1 Å². The Morgan fingerprint density at radius 2 is 1.94 bits per heavy atom. The summed E-state index contributed by atoms with van der Waals surface area (Å²) in [6.07, 6.45) is 0. The third-order valence-electron chi connectivity index (χ3n) is 4.57. The number of nitrogens with zero attached hydrogens (tertiary/aromatic N) is 4. The summed E-state index contributed by atoms with van der Waals surface area (Å²) in [4.78, 5) is 29.0. The van der Waals surface area contributed by atoms with Crippen LogP contribution < -0.4 is 5.32 Å². The van der Waals surface area contributed by atoms with E-state index in [0.717, 1.165) is 11.1 Å². The van der Waals surface area contributed by atoms with Crippen molar-refractivity contribution in [3.8, 4) is 11.5 Å². The monoisotopic (exact) mass is 451 g/mol. The van der Waals surface area contributed by atoms with Gasteiger partial charge >= 0.3 is 12.0 Å². The van der Waals surface area contributed by atoms with Gasteiger partial charge in [-0.05, 0) is 44.2 Å². The number of carbonyl (C=O) groups is 2. The van der Waals surface area contributed by atoms with E-state index in [1.807, 2.05) is 47.9 Å². The maximum atomic E-state index is 12.4. The zero-order chi connectivity index (χ0) is 22.5. The average molecular weight is 452 g/mol. The molecular weight excluding hydrogens is 430 g/mol. The van der Waals surface area contributed by atoms with Gasteiger partial charge in [0.25, 0.3) is 0 Å². The first-order chi connectivity index (χ1) is 15.6. The summed E-state index contributed by atoms with van der Waals surface area (Å²) in [5.74, 6) is -0.237. The second kappa shape index (κ2) is 9.65. The van der Waals surface area contributed by atoms with E-state index in [1.54, 1.807) is 19.1 Å². The largest absolute Gasteiger partial charge is 0.462 e. The number of anilines is 1. The van der Waals surface area contributed by atoms with Crippen molar-refractivity contribution in [2.75, 3.05) is 17.7 Å². The zero-order valence-electron chi connectivity index (χ0n) is 17.6. The van der Waals surface area contributed by atoms with Crippen molar-refractivity contribution < 1.29 is 18.7 Å². The van der Waals surface area contributed by atoms with E-state index in [0.29, 0.717) is 35.3 Å². The number of aromatic nitrogens is 4. The van der Waals surface area contributed by atoms with Gasteiger partial charge in [0.1, 0.15) is 0 Å². The molecule has 1 N–H and O–H groups in total. The van der Waals surface area contributed by atoms with Crippen molar-refractivity contribution >= 4 is 40.7 Å². The van der Waals surface area contributed by atoms with Crippen LogP contribution in [0.15, 0.2) is 58.1 Å². The smallest absolute Gasteiger partial charge is 0.338 e. The van der Waals surface area contributed by atoms with Gasteiger partial charge in [0.15, 0.2) is 5.16 Å². The van der Waals surface area contributed by atoms with Gasteiger partial charge in [0.05, 0.1) is 29.0 Å². The van der Waals surface area contributed by atoms with Gasteiger partial charge in [-0.2, -0.15) is 0 Å². The molecule has 4 aromatic rings. The minimum atomic E-state index is -0.386. The number of nitrogens with one attached hydrogen (secondary N) is 1. The molecule has 0 radical (unpaired) electrons. The fraction of sp³-hybridized carbons (Fsp3) is 0.227. The number of esters is 1. The SMILES string of the molecule is CCOC(=O)c1ccc2c(c1)nc(SCC(=O)Nc1nnc(-c3ccccc3)o1)n2CC. The molecule has 0 aliphatic carbocycles. The number of rotatable bonds is 8. The lowest BCUT2D eigenvalue weighted by Gasteiger charge is -2.05. The Hall–Kier alpha value is -3.66. The maximum Gasteiger partial charge on any atom is 0.338 e. The number of amides is 1. The van der Waals surface area contributed by atoms with Crippen molar-refractivity contribution in [3.05, 3.63) is 54.1 Å². The molecule has 4 rings (SSSR count). The van der Waals surface area contributed by atoms with Crippen LogP contribution in [0.4, 0.5) is 6.01 Å². The average Bonchev–Trinajstić information content (AvgIpc) is 3.42. The van der Waals surface area contributed by atoms with Crippen molar-refractivity contribution in [3.63, 3.8) is 0 Å². The Morgan fingerprint density at radius 1 is 1.12 bits per heavy atom. The highest BCUT2D eigenvalue weighted by atomic mass is 32.2. The molecule has 0 fully saturated rings. The maximum absolute atomic E-state index is 12.4. The fourth-order valence-corrected chi connectivity index (χ4v) is 4.00. The lowest BCUT2D eigenvalue weighted by molar-refractivity contribution is -0.113. The predicted octanol–water partition coefficient (Wildman–Crippen LogP) is 4.01. The normalized spacial score (nSPS) is 10.9. The summed E-state index contributed by atoms with van der Waals surface area (Å²) in [6, 6.07) is 14.6. The van der Waals surface area contributed by atoms with Gasteiger partial charge < -0.3 is 13.7 Å². The topological polar surface area (TPSA) is 112 Å². The second-order valence-corrected chi connectivity index (χ2v) is 7.62. The lowest BCUT2D eigenvalue weighted by Crippen LogP contribution is -2.14. The number of carbonyl (C=O) groups excluding carboxylic acids is 2. The fourth-order valence-electron chi connectivity index (χ4n) is 3.12. The zero-order valence-corrected chi connectivity index (χ0v) is 18.4. The Kier molecular flexibility index (Phi) is 6.50. The molecular formula is C22H21N5O4S. The van der Waals surface area contributed by atoms with Gasteiger partial charge in [0, 0.05) is 12.1 Å². The van der Waals surface area contributed by atoms with Crippen LogP contribution in [0.25, 0.3) is 22.5 Å². The number of fused-ring (bicyclic) bond motifs is 1. The minimum absolute atomic E-state index is 0.0394. The van der Waals surface area contributed by atoms with E-state index in [-0.39, 0.29) is 23.6 Å². The van der Waals surface area contributed by atoms with Crippen LogP contribution in [-0.4, -0.2) is 44.0 Å². The molecule has 1 amide bonds. The highest BCUT2D eigenvalue weighted by molar-refractivity contribution is 7.99. The first kappa shape index (κ1) is 21.6. The molecule has 0 saturated heterocycles. The Morgan fingerprint density at radius 3 is 2.69 bits per heavy atom. The number of thioether (sulfide) groups is 1. The number of hydrogen-bond acceptors (Lipinski definition) is 8. The quantitative estimate of drug-likeness (QED) is 0.316. The molecule has 32 heavy (non-hydrogen) atoms. The summed E-state index contributed by atoms with van der Waals surface area (Å²) in [5.41, 5.74) is 2.77. The molecule has 0 saturated carbocycles. The first-order valence-corrected chi connectivity index (χ1v) is 11.1. The summed E-state index contributed by atoms with van der Waals surface area (Å²) in [6.45, 7) is 4.74. The van der Waals surface area contributed by atoms with Gasteiger partial charge in [0.2, 0.25) is 11.8 Å². The molecule has 9 nitrogen and oxygen atoms in total.